The monoisotopic (exact) mass is 403 g/mol. The molecule has 2 saturated heterocycles. The van der Waals surface area contributed by atoms with E-state index in [1.165, 1.54) is 6.07 Å². The third kappa shape index (κ3) is 3.49. The predicted octanol–water partition coefficient (Wildman–Crippen LogP) is 3.42. The lowest BCUT2D eigenvalue weighted by Gasteiger charge is -2.47. The van der Waals surface area contributed by atoms with Crippen molar-refractivity contribution in [1.29, 1.82) is 0 Å². The summed E-state index contributed by atoms with van der Waals surface area (Å²) in [5.74, 6) is 0. The number of aromatic nitrogens is 4. The summed E-state index contributed by atoms with van der Waals surface area (Å²) in [6.45, 7) is 4.61. The highest BCUT2D eigenvalue weighted by atomic mass is 19.4. The van der Waals surface area contributed by atoms with Crippen LogP contribution < -0.4 is 0 Å². The van der Waals surface area contributed by atoms with Crippen LogP contribution in [0, 0.1) is 5.41 Å². The first-order valence-electron chi connectivity index (χ1n) is 9.58. The van der Waals surface area contributed by atoms with Crippen LogP contribution in [-0.4, -0.2) is 50.8 Å². The van der Waals surface area contributed by atoms with Crippen molar-refractivity contribution in [3.05, 3.63) is 48.2 Å². The van der Waals surface area contributed by atoms with E-state index in [1.807, 2.05) is 6.20 Å². The number of hydrogen-bond donors (Lipinski definition) is 0. The number of pyridine rings is 1. The molecule has 5 rings (SSSR count). The number of rotatable bonds is 3. The number of alkyl halides is 3. The molecule has 2 aliphatic heterocycles. The van der Waals surface area contributed by atoms with E-state index in [9.17, 15) is 13.2 Å². The Labute approximate surface area is 165 Å². The highest BCUT2D eigenvalue weighted by molar-refractivity contribution is 5.76. The fraction of sp³-hybridized carbons (Fsp3) is 0.450. The number of likely N-dealkylation sites (tertiary alicyclic amines) is 1. The zero-order chi connectivity index (χ0) is 20.1. The van der Waals surface area contributed by atoms with Crippen molar-refractivity contribution in [3.63, 3.8) is 0 Å². The van der Waals surface area contributed by atoms with Gasteiger partial charge in [-0.05, 0) is 43.6 Å². The Bertz CT molecular complexity index is 1030. The van der Waals surface area contributed by atoms with Crippen LogP contribution in [0.1, 0.15) is 24.1 Å². The van der Waals surface area contributed by atoms with E-state index in [0.29, 0.717) is 22.2 Å². The van der Waals surface area contributed by atoms with E-state index in [1.54, 1.807) is 16.9 Å². The van der Waals surface area contributed by atoms with Crippen molar-refractivity contribution < 1.29 is 17.9 Å². The molecule has 0 bridgehead atoms. The average Bonchev–Trinajstić information content (AvgIpc) is 3.10. The SMILES string of the molecule is FC(F)(F)c1cc(-c2cnn3cc(CN4CCC5(CC4)COC5)cnc23)ccn1. The fourth-order valence-electron chi connectivity index (χ4n) is 4.07. The van der Waals surface area contributed by atoms with Crippen molar-refractivity contribution in [2.45, 2.75) is 25.6 Å². The maximum Gasteiger partial charge on any atom is 0.433 e. The van der Waals surface area contributed by atoms with Crippen LogP contribution in [0.5, 0.6) is 0 Å². The summed E-state index contributed by atoms with van der Waals surface area (Å²) < 4.78 is 45.9. The van der Waals surface area contributed by atoms with Crippen LogP contribution >= 0.6 is 0 Å². The molecule has 9 heteroatoms. The number of halogens is 3. The predicted molar refractivity (Wildman–Crippen MR) is 99.0 cm³/mol. The van der Waals surface area contributed by atoms with E-state index in [2.05, 4.69) is 20.0 Å². The molecular weight excluding hydrogens is 383 g/mol. The summed E-state index contributed by atoms with van der Waals surface area (Å²) in [6.07, 6.45) is 4.20. The standard InChI is InChI=1S/C20H20F3N5O/c21-20(22,23)17-7-15(1-4-24-17)16-9-26-28-11-14(8-25-18(16)28)10-27-5-2-19(3-6-27)12-29-13-19/h1,4,7-9,11H,2-3,5-6,10,12-13H2. The average molecular weight is 403 g/mol. The molecule has 29 heavy (non-hydrogen) atoms. The van der Waals surface area contributed by atoms with E-state index >= 15 is 0 Å². The van der Waals surface area contributed by atoms with Gasteiger partial charge in [-0.15, -0.1) is 0 Å². The second kappa shape index (κ2) is 6.77. The molecule has 0 saturated carbocycles. The first-order chi connectivity index (χ1) is 13.9. The Morgan fingerprint density at radius 3 is 2.59 bits per heavy atom. The quantitative estimate of drug-likeness (QED) is 0.671. The summed E-state index contributed by atoms with van der Waals surface area (Å²) in [6, 6.07) is 2.57. The number of ether oxygens (including phenoxy) is 1. The third-order valence-corrected chi connectivity index (χ3v) is 5.91. The van der Waals surface area contributed by atoms with Crippen LogP contribution in [0.2, 0.25) is 0 Å². The van der Waals surface area contributed by atoms with E-state index in [0.717, 1.165) is 63.5 Å². The molecule has 2 fully saturated rings. The number of nitrogens with zero attached hydrogens (tertiary/aromatic N) is 5. The summed E-state index contributed by atoms with van der Waals surface area (Å²) in [5, 5.41) is 4.30. The molecule has 0 N–H and O–H groups in total. The Morgan fingerprint density at radius 2 is 1.90 bits per heavy atom. The summed E-state index contributed by atoms with van der Waals surface area (Å²) in [4.78, 5) is 10.3. The normalized spacial score (nSPS) is 19.6. The minimum Gasteiger partial charge on any atom is -0.380 e. The van der Waals surface area contributed by atoms with Crippen molar-refractivity contribution in [1.82, 2.24) is 24.5 Å². The number of hydrogen-bond acceptors (Lipinski definition) is 5. The molecule has 3 aromatic heterocycles. The zero-order valence-electron chi connectivity index (χ0n) is 15.7. The minimum absolute atomic E-state index is 0.395. The van der Waals surface area contributed by atoms with Gasteiger partial charge in [-0.2, -0.15) is 18.3 Å². The van der Waals surface area contributed by atoms with Crippen molar-refractivity contribution in [2.24, 2.45) is 5.41 Å². The van der Waals surface area contributed by atoms with Gasteiger partial charge in [-0.3, -0.25) is 9.88 Å². The van der Waals surface area contributed by atoms with Crippen molar-refractivity contribution >= 4 is 5.65 Å². The van der Waals surface area contributed by atoms with Crippen molar-refractivity contribution in [3.8, 4) is 11.1 Å². The van der Waals surface area contributed by atoms with Crippen molar-refractivity contribution in [2.75, 3.05) is 26.3 Å². The molecule has 0 aromatic carbocycles. The Morgan fingerprint density at radius 1 is 1.10 bits per heavy atom. The topological polar surface area (TPSA) is 55.5 Å². The Balaban J connectivity index is 1.35. The van der Waals surface area contributed by atoms with Gasteiger partial charge < -0.3 is 4.74 Å². The zero-order valence-corrected chi connectivity index (χ0v) is 15.7. The summed E-state index contributed by atoms with van der Waals surface area (Å²) >= 11 is 0. The van der Waals surface area contributed by atoms with E-state index in [-0.39, 0.29) is 0 Å². The van der Waals surface area contributed by atoms with Crippen LogP contribution in [0.15, 0.2) is 36.9 Å². The van der Waals surface area contributed by atoms with E-state index in [4.69, 9.17) is 4.74 Å². The second-order valence-corrected chi connectivity index (χ2v) is 7.99. The van der Waals surface area contributed by atoms with Crippen LogP contribution in [0.25, 0.3) is 16.8 Å². The van der Waals surface area contributed by atoms with Gasteiger partial charge in [0.25, 0.3) is 0 Å². The third-order valence-electron chi connectivity index (χ3n) is 5.91. The van der Waals surface area contributed by atoms with Gasteiger partial charge in [-0.1, -0.05) is 0 Å². The first-order valence-corrected chi connectivity index (χ1v) is 9.58. The van der Waals surface area contributed by atoms with Gasteiger partial charge >= 0.3 is 6.18 Å². The Kier molecular flexibility index (Phi) is 4.32. The lowest BCUT2D eigenvalue weighted by Crippen LogP contribution is -2.50. The molecule has 5 heterocycles. The highest BCUT2D eigenvalue weighted by Crippen LogP contribution is 2.38. The highest BCUT2D eigenvalue weighted by Gasteiger charge is 2.41. The lowest BCUT2D eigenvalue weighted by atomic mass is 9.77. The number of piperidine rings is 1. The maximum atomic E-state index is 13.0. The molecule has 1 spiro atoms. The molecular formula is C20H20F3N5O. The molecule has 0 radical (unpaired) electrons. The van der Waals surface area contributed by atoms with Gasteiger partial charge in [0.2, 0.25) is 0 Å². The fourth-order valence-corrected chi connectivity index (χ4v) is 4.07. The molecule has 0 aliphatic carbocycles. The molecule has 0 unspecified atom stereocenters. The smallest absolute Gasteiger partial charge is 0.380 e. The van der Waals surface area contributed by atoms with Gasteiger partial charge in [-0.25, -0.2) is 9.50 Å². The molecule has 6 nitrogen and oxygen atoms in total. The molecule has 0 atom stereocenters. The molecule has 2 aliphatic rings. The summed E-state index contributed by atoms with van der Waals surface area (Å²) in [7, 11) is 0. The van der Waals surface area contributed by atoms with Crippen LogP contribution in [0.3, 0.4) is 0 Å². The van der Waals surface area contributed by atoms with Gasteiger partial charge in [0.05, 0.1) is 19.4 Å². The Hall–Kier alpha value is -2.52. The molecule has 0 amide bonds. The second-order valence-electron chi connectivity index (χ2n) is 7.99. The minimum atomic E-state index is -4.49. The summed E-state index contributed by atoms with van der Waals surface area (Å²) in [5.41, 5.74) is 1.97. The first kappa shape index (κ1) is 18.5. The lowest BCUT2D eigenvalue weighted by molar-refractivity contribution is -0.141. The van der Waals surface area contributed by atoms with Crippen LogP contribution in [-0.2, 0) is 17.5 Å². The van der Waals surface area contributed by atoms with E-state index < -0.39 is 11.9 Å². The van der Waals surface area contributed by atoms with Crippen LogP contribution in [0.4, 0.5) is 13.2 Å². The molecule has 3 aromatic rings. The largest absolute Gasteiger partial charge is 0.433 e. The van der Waals surface area contributed by atoms with Gasteiger partial charge in [0.1, 0.15) is 5.69 Å². The maximum absolute atomic E-state index is 13.0. The number of fused-ring (bicyclic) bond motifs is 1. The molecule has 152 valence electrons. The van der Waals surface area contributed by atoms with Gasteiger partial charge in [0, 0.05) is 41.7 Å². The van der Waals surface area contributed by atoms with Gasteiger partial charge in [0.15, 0.2) is 5.65 Å².